The summed E-state index contributed by atoms with van der Waals surface area (Å²) in [6.07, 6.45) is 8.63. The largest absolute Gasteiger partial charge is 0.385 e. The van der Waals surface area contributed by atoms with Crippen LogP contribution in [0.1, 0.15) is 85.5 Å². The summed E-state index contributed by atoms with van der Waals surface area (Å²) in [6, 6.07) is 16.7. The third-order valence-corrected chi connectivity index (χ3v) is 13.1. The predicted molar refractivity (Wildman–Crippen MR) is 242 cm³/mol. The lowest BCUT2D eigenvalue weighted by Crippen LogP contribution is -2.52. The number of amides is 4. The van der Waals surface area contributed by atoms with Gasteiger partial charge in [0.1, 0.15) is 17.0 Å². The second-order valence-electron chi connectivity index (χ2n) is 17.0. The number of anilines is 4. The fraction of sp³-hybridized carbons (Fsp3) is 0.404. The number of pyridine rings is 1. The molecule has 0 saturated carbocycles. The van der Waals surface area contributed by atoms with Crippen LogP contribution in [0.25, 0.3) is 16.9 Å². The number of imide groups is 1. The first-order chi connectivity index (χ1) is 31.0. The van der Waals surface area contributed by atoms with Crippen molar-refractivity contribution in [1.82, 2.24) is 39.4 Å². The number of rotatable bonds is 15. The highest BCUT2D eigenvalue weighted by molar-refractivity contribution is 6.06. The molecule has 5 aromatic rings. The summed E-state index contributed by atoms with van der Waals surface area (Å²) >= 11 is 0. The van der Waals surface area contributed by atoms with E-state index in [0.29, 0.717) is 85.9 Å². The topological polar surface area (TPSA) is 200 Å². The van der Waals surface area contributed by atoms with Gasteiger partial charge in [0.2, 0.25) is 23.7 Å². The van der Waals surface area contributed by atoms with Crippen molar-refractivity contribution in [3.63, 3.8) is 0 Å². The summed E-state index contributed by atoms with van der Waals surface area (Å²) in [5.41, 5.74) is 4.90. The van der Waals surface area contributed by atoms with Crippen LogP contribution in [0.2, 0.25) is 0 Å². The molecule has 3 aromatic heterocycles. The van der Waals surface area contributed by atoms with Crippen molar-refractivity contribution >= 4 is 57.7 Å². The van der Waals surface area contributed by atoms with Gasteiger partial charge in [0, 0.05) is 86.5 Å². The third kappa shape index (κ3) is 8.11. The van der Waals surface area contributed by atoms with Crippen LogP contribution in [0.15, 0.2) is 78.2 Å². The van der Waals surface area contributed by atoms with Gasteiger partial charge in [-0.05, 0) is 86.6 Å². The number of piperidine rings is 1. The van der Waals surface area contributed by atoms with Crippen molar-refractivity contribution < 1.29 is 24.3 Å². The van der Waals surface area contributed by atoms with Crippen molar-refractivity contribution in [3.05, 3.63) is 106 Å². The van der Waals surface area contributed by atoms with Gasteiger partial charge >= 0.3 is 0 Å². The zero-order valence-corrected chi connectivity index (χ0v) is 36.0. The maximum absolute atomic E-state index is 13.5. The summed E-state index contributed by atoms with van der Waals surface area (Å²) in [4.78, 5) is 83.8. The number of carbonyl (C=O) groups is 4. The minimum atomic E-state index is -1.01. The first-order valence-corrected chi connectivity index (χ1v) is 22.3. The second kappa shape index (κ2) is 17.7. The molecular formula is C47H53N11O6. The smallest absolute Gasteiger partial charge is 0.278 e. The number of carbonyl (C=O) groups excluding carboxylic acids is 4. The molecule has 0 spiro atoms. The fourth-order valence-corrected chi connectivity index (χ4v) is 9.42. The normalized spacial score (nSPS) is 19.5. The van der Waals surface area contributed by atoms with E-state index >= 15 is 0 Å². The molecule has 1 aliphatic carbocycles. The number of benzene rings is 2. The fourth-order valence-electron chi connectivity index (χ4n) is 9.42. The molecule has 4 aliphatic rings. The van der Waals surface area contributed by atoms with Crippen LogP contribution in [-0.2, 0) is 39.5 Å². The molecule has 2 saturated heterocycles. The maximum atomic E-state index is 13.5. The predicted octanol–water partition coefficient (Wildman–Crippen LogP) is 4.53. The zero-order chi connectivity index (χ0) is 44.5. The van der Waals surface area contributed by atoms with Gasteiger partial charge in [-0.2, -0.15) is 4.98 Å². The number of aromatic nitrogens is 5. The van der Waals surface area contributed by atoms with E-state index in [4.69, 9.17) is 9.97 Å². The van der Waals surface area contributed by atoms with Crippen LogP contribution in [0.3, 0.4) is 0 Å². The average Bonchev–Trinajstić information content (AvgIpc) is 3.92. The van der Waals surface area contributed by atoms with Gasteiger partial charge in [-0.15, -0.1) is 6.58 Å². The van der Waals surface area contributed by atoms with E-state index in [9.17, 15) is 29.1 Å². The summed E-state index contributed by atoms with van der Waals surface area (Å²) < 4.78 is 3.20. The van der Waals surface area contributed by atoms with Crippen LogP contribution in [0, 0.1) is 0 Å². The van der Waals surface area contributed by atoms with Gasteiger partial charge in [-0.3, -0.25) is 29.3 Å². The van der Waals surface area contributed by atoms with Crippen molar-refractivity contribution in [1.29, 1.82) is 0 Å². The highest BCUT2D eigenvalue weighted by Gasteiger charge is 2.40. The molecule has 2 aromatic carbocycles. The van der Waals surface area contributed by atoms with Crippen LogP contribution in [0.4, 0.5) is 23.0 Å². The van der Waals surface area contributed by atoms with E-state index in [1.54, 1.807) is 21.7 Å². The summed E-state index contributed by atoms with van der Waals surface area (Å²) in [7, 11) is 0. The Kier molecular flexibility index (Phi) is 11.7. The van der Waals surface area contributed by atoms with Crippen molar-refractivity contribution in [2.45, 2.75) is 89.4 Å². The number of aliphatic hydroxyl groups is 1. The Hall–Kier alpha value is -6.88. The van der Waals surface area contributed by atoms with Crippen LogP contribution < -0.4 is 26.4 Å². The van der Waals surface area contributed by atoms with Crippen LogP contribution in [0.5, 0.6) is 0 Å². The van der Waals surface area contributed by atoms with E-state index in [1.165, 1.54) is 10.9 Å². The van der Waals surface area contributed by atoms with E-state index < -0.39 is 17.6 Å². The number of hydrogen-bond donors (Lipinski definition) is 4. The summed E-state index contributed by atoms with van der Waals surface area (Å²) in [6.45, 7) is 9.77. The molecule has 9 rings (SSSR count). The Labute approximate surface area is 370 Å². The molecule has 332 valence electrons. The van der Waals surface area contributed by atoms with Gasteiger partial charge in [0.05, 0.1) is 12.2 Å². The van der Waals surface area contributed by atoms with Gasteiger partial charge in [-0.25, -0.2) is 19.3 Å². The number of nitrogens with zero attached hydrogens (tertiary/aromatic N) is 8. The molecule has 64 heavy (non-hydrogen) atoms. The van der Waals surface area contributed by atoms with Gasteiger partial charge in [0.25, 0.3) is 11.5 Å². The van der Waals surface area contributed by atoms with Gasteiger partial charge in [-0.1, -0.05) is 31.6 Å². The quantitative estimate of drug-likeness (QED) is 0.0653. The third-order valence-electron chi connectivity index (χ3n) is 13.1. The molecule has 1 unspecified atom stereocenters. The first kappa shape index (κ1) is 42.4. The Morgan fingerprint density at radius 1 is 0.984 bits per heavy atom. The Balaban J connectivity index is 0.747. The SMILES string of the molecule is C=CCn1c(=O)c2cnc(Nc3ccc(N4CCN(C(=O)CCCCCNc5cccc6c5CN(C5CCC(=O)NC5=O)C6=O)CC4)cc3)nc2n1-c1ccc2c(n1)[C@@](O)(CC)CC2. The van der Waals surface area contributed by atoms with Crippen LogP contribution >= 0.6 is 0 Å². The number of nitrogens with one attached hydrogen (secondary N) is 3. The Morgan fingerprint density at radius 2 is 1.80 bits per heavy atom. The number of unbranched alkanes of at least 4 members (excludes halogenated alkanes) is 2. The van der Waals surface area contributed by atoms with E-state index in [0.717, 1.165) is 67.0 Å². The number of aryl methyl sites for hydroxylation is 1. The first-order valence-electron chi connectivity index (χ1n) is 22.3. The number of piperazine rings is 1. The Bertz CT molecular complexity index is 2700. The monoisotopic (exact) mass is 867 g/mol. The maximum Gasteiger partial charge on any atom is 0.278 e. The number of allylic oxidation sites excluding steroid dienone is 1. The number of hydrogen-bond acceptors (Lipinski definition) is 12. The molecule has 4 amide bonds. The average molecular weight is 868 g/mol. The van der Waals surface area contributed by atoms with E-state index in [1.807, 2.05) is 60.4 Å². The van der Waals surface area contributed by atoms with E-state index in [2.05, 4.69) is 32.4 Å². The Morgan fingerprint density at radius 3 is 2.56 bits per heavy atom. The molecule has 0 radical (unpaired) electrons. The lowest BCUT2D eigenvalue weighted by Gasteiger charge is -2.36. The van der Waals surface area contributed by atoms with Crippen molar-refractivity contribution in [2.24, 2.45) is 0 Å². The highest BCUT2D eigenvalue weighted by Crippen LogP contribution is 2.39. The van der Waals surface area contributed by atoms with Crippen molar-refractivity contribution in [2.75, 3.05) is 48.3 Å². The molecule has 3 aliphatic heterocycles. The lowest BCUT2D eigenvalue weighted by atomic mass is 9.98. The zero-order valence-electron chi connectivity index (χ0n) is 36.0. The van der Waals surface area contributed by atoms with Crippen molar-refractivity contribution in [3.8, 4) is 5.82 Å². The molecule has 6 heterocycles. The van der Waals surface area contributed by atoms with E-state index in [-0.39, 0.29) is 36.2 Å². The molecule has 17 nitrogen and oxygen atoms in total. The number of fused-ring (bicyclic) bond motifs is 3. The summed E-state index contributed by atoms with van der Waals surface area (Å²) in [5.74, 6) is 0.0466. The minimum absolute atomic E-state index is 0.164. The molecule has 0 bridgehead atoms. The van der Waals surface area contributed by atoms with Crippen LogP contribution in [-0.4, -0.2) is 102 Å². The summed E-state index contributed by atoms with van der Waals surface area (Å²) in [5, 5.41) is 20.7. The molecule has 2 fully saturated rings. The molecule has 17 heteroatoms. The lowest BCUT2D eigenvalue weighted by molar-refractivity contribution is -0.137. The van der Waals surface area contributed by atoms with Gasteiger partial charge in [0.15, 0.2) is 11.5 Å². The highest BCUT2D eigenvalue weighted by atomic mass is 16.3. The minimum Gasteiger partial charge on any atom is -0.385 e. The molecule has 2 atom stereocenters. The second-order valence-corrected chi connectivity index (χ2v) is 17.0. The molecular weight excluding hydrogens is 815 g/mol. The van der Waals surface area contributed by atoms with Gasteiger partial charge < -0.3 is 30.4 Å². The standard InChI is InChI=1S/C47H53N11O6/c1-3-23-57-45(63)34-28-49-46(53-42(34)58(57)38-18-12-30-20-21-47(64,4-2)41(30)51-38)50-31-13-15-32(16-14-31)54-24-26-55(27-25-54)40(60)11-6-5-7-22-48-36-10-8-9-33-35(36)29-56(44(33)62)37-17-19-39(59)52-43(37)61/h3,8-10,12-16,18,28,37,48,64H,1,4-7,11,17,19-27,29H2,2H3,(H,49,50,53)(H,52,59,61)/t37?,47-/m1/s1. The molecule has 4 N–H and O–H groups in total.